The number of anilines is 2. The van der Waals surface area contributed by atoms with Crippen LogP contribution in [0.25, 0.3) is 17.0 Å². The van der Waals surface area contributed by atoms with E-state index in [0.717, 1.165) is 34.2 Å². The van der Waals surface area contributed by atoms with Gasteiger partial charge in [0.1, 0.15) is 5.70 Å². The summed E-state index contributed by atoms with van der Waals surface area (Å²) in [6, 6.07) is 30.2. The van der Waals surface area contributed by atoms with Crippen molar-refractivity contribution >= 4 is 63.8 Å². The molecule has 4 N–H and O–H groups in total. The Hall–Kier alpha value is -5.61. The molecule has 49 heavy (non-hydrogen) atoms. The van der Waals surface area contributed by atoms with Gasteiger partial charge in [0.15, 0.2) is 0 Å². The molecule has 250 valence electrons. The molecule has 0 aliphatic heterocycles. The van der Waals surface area contributed by atoms with Crippen molar-refractivity contribution in [3.8, 4) is 0 Å². The van der Waals surface area contributed by atoms with E-state index in [-0.39, 0.29) is 17.6 Å². The molecule has 0 spiro atoms. The highest BCUT2D eigenvalue weighted by Gasteiger charge is 2.20. The van der Waals surface area contributed by atoms with E-state index in [1.54, 1.807) is 79.0 Å². The summed E-state index contributed by atoms with van der Waals surface area (Å²) in [5.41, 5.74) is 3.64. The summed E-state index contributed by atoms with van der Waals surface area (Å²) >= 11 is 1.37. The molecule has 5 aromatic rings. The van der Waals surface area contributed by atoms with Crippen molar-refractivity contribution in [1.82, 2.24) is 10.3 Å². The summed E-state index contributed by atoms with van der Waals surface area (Å²) in [4.78, 5) is 56.2. The van der Waals surface area contributed by atoms with Crippen LogP contribution in [0, 0.1) is 0 Å². The Morgan fingerprint density at radius 3 is 2.33 bits per heavy atom. The molecule has 0 radical (unpaired) electrons. The largest absolute Gasteiger partial charge is 0.462 e. The number of nitrogens with one attached hydrogen (secondary N) is 4. The first kappa shape index (κ1) is 34.7. The molecule has 10 heteroatoms. The lowest BCUT2D eigenvalue weighted by Crippen LogP contribution is -2.30. The molecule has 9 nitrogen and oxygen atoms in total. The highest BCUT2D eigenvalue weighted by molar-refractivity contribution is 8.00. The third-order valence-corrected chi connectivity index (χ3v) is 8.96. The third kappa shape index (κ3) is 9.48. The van der Waals surface area contributed by atoms with E-state index in [0.29, 0.717) is 35.5 Å². The van der Waals surface area contributed by atoms with Gasteiger partial charge in [0, 0.05) is 44.5 Å². The lowest BCUT2D eigenvalue weighted by Gasteiger charge is -2.16. The zero-order valence-electron chi connectivity index (χ0n) is 27.3. The van der Waals surface area contributed by atoms with Crippen LogP contribution >= 0.6 is 11.8 Å². The molecule has 5 rings (SSSR count). The number of amides is 3. The van der Waals surface area contributed by atoms with E-state index in [9.17, 15) is 19.2 Å². The zero-order chi connectivity index (χ0) is 34.6. The Morgan fingerprint density at radius 1 is 0.816 bits per heavy atom. The molecule has 3 amide bonds. The lowest BCUT2D eigenvalue weighted by molar-refractivity contribution is -0.116. The molecule has 4 aromatic carbocycles. The average Bonchev–Trinajstić information content (AvgIpc) is 3.53. The lowest BCUT2D eigenvalue weighted by atomic mass is 10.1. The predicted molar refractivity (Wildman–Crippen MR) is 195 cm³/mol. The second-order valence-corrected chi connectivity index (χ2v) is 12.5. The minimum absolute atomic E-state index is 0.0720. The fourth-order valence-corrected chi connectivity index (χ4v) is 5.96. The van der Waals surface area contributed by atoms with Gasteiger partial charge in [-0.15, -0.1) is 11.8 Å². The van der Waals surface area contributed by atoms with Crippen molar-refractivity contribution in [2.45, 2.75) is 43.3 Å². The number of esters is 1. The summed E-state index contributed by atoms with van der Waals surface area (Å²) < 4.78 is 5.25. The number of carbonyl (C=O) groups excluding carboxylic acids is 4. The number of benzene rings is 4. The highest BCUT2D eigenvalue weighted by Crippen LogP contribution is 2.29. The van der Waals surface area contributed by atoms with Gasteiger partial charge in [-0.2, -0.15) is 0 Å². The Bertz CT molecular complexity index is 1950. The van der Waals surface area contributed by atoms with Crippen LogP contribution in [0.2, 0.25) is 0 Å². The smallest absolute Gasteiger partial charge is 0.338 e. The van der Waals surface area contributed by atoms with Crippen molar-refractivity contribution in [1.29, 1.82) is 0 Å². The molecule has 0 aliphatic rings. The maximum Gasteiger partial charge on any atom is 0.338 e. The summed E-state index contributed by atoms with van der Waals surface area (Å²) in [7, 11) is 0. The topological polar surface area (TPSA) is 129 Å². The van der Waals surface area contributed by atoms with Crippen molar-refractivity contribution in [2.75, 3.05) is 17.2 Å². The number of carbonyl (C=O) groups is 4. The van der Waals surface area contributed by atoms with Crippen LogP contribution in [0.3, 0.4) is 0 Å². The number of hydrogen-bond donors (Lipinski definition) is 4. The van der Waals surface area contributed by atoms with Gasteiger partial charge in [-0.05, 0) is 79.6 Å². The molecule has 1 unspecified atom stereocenters. The second-order valence-electron chi connectivity index (χ2n) is 11.2. The number of hydrogen-bond acceptors (Lipinski definition) is 6. The van der Waals surface area contributed by atoms with Crippen LogP contribution in [-0.4, -0.2) is 40.5 Å². The van der Waals surface area contributed by atoms with Gasteiger partial charge < -0.3 is 25.7 Å². The minimum atomic E-state index is -0.501. The van der Waals surface area contributed by atoms with E-state index in [4.69, 9.17) is 4.74 Å². The number of fused-ring (bicyclic) bond motifs is 1. The third-order valence-electron chi connectivity index (χ3n) is 7.60. The molecule has 1 aromatic heterocycles. The number of rotatable bonds is 14. The van der Waals surface area contributed by atoms with E-state index in [1.165, 1.54) is 11.8 Å². The summed E-state index contributed by atoms with van der Waals surface area (Å²) in [6.45, 7) is 4.33. The Morgan fingerprint density at radius 2 is 1.57 bits per heavy atom. The summed E-state index contributed by atoms with van der Waals surface area (Å²) in [5, 5.41) is 9.10. The van der Waals surface area contributed by atoms with Crippen molar-refractivity contribution in [3.05, 3.63) is 132 Å². The van der Waals surface area contributed by atoms with Crippen molar-refractivity contribution < 1.29 is 23.9 Å². The van der Waals surface area contributed by atoms with Crippen LogP contribution in [0.1, 0.15) is 59.4 Å². The highest BCUT2D eigenvalue weighted by atomic mass is 32.2. The van der Waals surface area contributed by atoms with Gasteiger partial charge in [-0.1, -0.05) is 62.7 Å². The van der Waals surface area contributed by atoms with E-state index < -0.39 is 17.1 Å². The number of aromatic amines is 1. The number of unbranched alkanes of at least 4 members (excludes halogenated alkanes) is 1. The van der Waals surface area contributed by atoms with E-state index in [2.05, 4.69) is 20.9 Å². The van der Waals surface area contributed by atoms with Crippen LogP contribution in [0.5, 0.6) is 0 Å². The maximum atomic E-state index is 13.7. The predicted octanol–water partition coefficient (Wildman–Crippen LogP) is 8.04. The molecule has 0 saturated carbocycles. The SMILES string of the molecule is CCCCOC(=O)c1ccc(NC(=O)C(CC)Sc2cccc(NC(=O)/C(=C/c3c[nH]c4ccccc34)NC(=O)c3ccccc3)c2)cc1. The molecule has 1 atom stereocenters. The van der Waals surface area contributed by atoms with E-state index >= 15 is 0 Å². The standard InChI is InChI=1S/C39H38N4O5S/c1-3-5-22-48-39(47)27-18-20-29(21-19-27)41-38(46)35(4-2)49-31-15-11-14-30(24-31)42-37(45)34(43-36(44)26-12-7-6-8-13-26)23-28-25-40-33-17-10-9-16-32(28)33/h6-21,23-25,35,40H,3-5,22H2,1-2H3,(H,41,46)(H,42,45)(H,43,44)/b34-23-. The summed E-state index contributed by atoms with van der Waals surface area (Å²) in [5.74, 6) is -1.49. The molecule has 0 fully saturated rings. The Balaban J connectivity index is 1.27. The van der Waals surface area contributed by atoms with Crippen LogP contribution in [-0.2, 0) is 14.3 Å². The second kappa shape index (κ2) is 17.0. The van der Waals surface area contributed by atoms with Crippen molar-refractivity contribution in [2.24, 2.45) is 0 Å². The maximum absolute atomic E-state index is 13.7. The van der Waals surface area contributed by atoms with Crippen LogP contribution in [0.4, 0.5) is 11.4 Å². The number of ether oxygens (including phenoxy) is 1. The van der Waals surface area contributed by atoms with Gasteiger partial charge in [0.05, 0.1) is 17.4 Å². The number of thioether (sulfide) groups is 1. The monoisotopic (exact) mass is 674 g/mol. The average molecular weight is 675 g/mol. The fourth-order valence-electron chi connectivity index (χ4n) is 4.95. The van der Waals surface area contributed by atoms with Gasteiger partial charge in [0.25, 0.3) is 11.8 Å². The van der Waals surface area contributed by atoms with Gasteiger partial charge in [-0.25, -0.2) is 4.79 Å². The van der Waals surface area contributed by atoms with Crippen LogP contribution < -0.4 is 16.0 Å². The van der Waals surface area contributed by atoms with E-state index in [1.807, 2.05) is 50.2 Å². The Kier molecular flexibility index (Phi) is 12.0. The number of aromatic nitrogens is 1. The molecular weight excluding hydrogens is 637 g/mol. The van der Waals surface area contributed by atoms with Gasteiger partial charge in [-0.3, -0.25) is 14.4 Å². The molecule has 1 heterocycles. The first-order valence-electron chi connectivity index (χ1n) is 16.1. The normalized spacial score (nSPS) is 11.8. The van der Waals surface area contributed by atoms with Gasteiger partial charge in [0.2, 0.25) is 5.91 Å². The fraction of sp³-hybridized carbons (Fsp3) is 0.179. The first-order chi connectivity index (χ1) is 23.8. The molecule has 0 bridgehead atoms. The number of para-hydroxylation sites is 1. The van der Waals surface area contributed by atoms with Gasteiger partial charge >= 0.3 is 5.97 Å². The quantitative estimate of drug-likeness (QED) is 0.0408. The zero-order valence-corrected chi connectivity index (χ0v) is 28.1. The van der Waals surface area contributed by atoms with Crippen LogP contribution in [0.15, 0.2) is 120 Å². The Labute approximate surface area is 289 Å². The van der Waals surface area contributed by atoms with Crippen molar-refractivity contribution in [3.63, 3.8) is 0 Å². The first-order valence-corrected chi connectivity index (χ1v) is 17.0. The molecular formula is C39H38N4O5S. The number of H-pyrrole nitrogens is 1. The molecule has 0 aliphatic carbocycles. The molecule has 0 saturated heterocycles. The summed E-state index contributed by atoms with van der Waals surface area (Å²) in [6.07, 6.45) is 5.73. The minimum Gasteiger partial charge on any atom is -0.462 e.